The molecule has 1 aliphatic rings. The minimum absolute atomic E-state index is 0.249. The minimum Gasteiger partial charge on any atom is -0.497 e. The number of benzene rings is 1. The molecule has 0 unspecified atom stereocenters. The number of hydrogen-bond acceptors (Lipinski definition) is 3. The van der Waals surface area contributed by atoms with Crippen LogP contribution >= 0.6 is 0 Å². The number of carbonyl (C=O) groups is 1. The van der Waals surface area contributed by atoms with Crippen molar-refractivity contribution in [3.63, 3.8) is 0 Å². The topological polar surface area (TPSA) is 29.5 Å². The summed E-state index contributed by atoms with van der Waals surface area (Å²) in [6.07, 6.45) is 0.629. The van der Waals surface area contributed by atoms with E-state index in [1.54, 1.807) is 7.11 Å². The Morgan fingerprint density at radius 2 is 2.12 bits per heavy atom. The zero-order valence-corrected chi connectivity index (χ0v) is 10.7. The van der Waals surface area contributed by atoms with Crippen LogP contribution in [-0.2, 0) is 4.79 Å². The molecule has 0 spiro atoms. The van der Waals surface area contributed by atoms with Gasteiger partial charge in [0.2, 0.25) is 0 Å². The normalized spacial score (nSPS) is 19.2. The molecule has 1 fully saturated rings. The summed E-state index contributed by atoms with van der Waals surface area (Å²) in [6.45, 7) is 5.61. The Bertz CT molecular complexity index is 426. The highest BCUT2D eigenvalue weighted by Crippen LogP contribution is 2.30. The van der Waals surface area contributed by atoms with Gasteiger partial charge < -0.3 is 9.64 Å². The molecule has 0 saturated carbocycles. The molecule has 0 aliphatic carbocycles. The zero-order valence-electron chi connectivity index (χ0n) is 10.7. The van der Waals surface area contributed by atoms with Gasteiger partial charge in [-0.1, -0.05) is 19.9 Å². The lowest BCUT2D eigenvalue weighted by Gasteiger charge is -2.38. The number of Topliss-reactive ketones (excluding diaryl/α,β-unsaturated/α-hetero) is 1. The molecule has 0 aromatic heterocycles. The van der Waals surface area contributed by atoms with Gasteiger partial charge in [0.05, 0.1) is 7.11 Å². The number of carbonyl (C=O) groups excluding carboxylic acids is 1. The van der Waals surface area contributed by atoms with E-state index in [1.165, 1.54) is 0 Å². The van der Waals surface area contributed by atoms with Gasteiger partial charge in [0.1, 0.15) is 11.5 Å². The molecule has 2 rings (SSSR count). The van der Waals surface area contributed by atoms with Gasteiger partial charge in [-0.15, -0.1) is 0 Å². The summed E-state index contributed by atoms with van der Waals surface area (Å²) in [4.78, 5) is 14.0. The van der Waals surface area contributed by atoms with E-state index in [4.69, 9.17) is 4.74 Å². The molecule has 1 aliphatic heterocycles. The molecule has 1 aromatic rings. The molecular formula is C14H19NO2. The standard InChI is InChI=1S/C14H19NO2/c1-14(2)10-15(8-7-13(14)16)11-5-4-6-12(9-11)17-3/h4-6,9H,7-8,10H2,1-3H3. The lowest BCUT2D eigenvalue weighted by Crippen LogP contribution is -2.46. The number of ketones is 1. The van der Waals surface area contributed by atoms with Crippen LogP contribution in [0.4, 0.5) is 5.69 Å². The van der Waals surface area contributed by atoms with Crippen LogP contribution in [0.25, 0.3) is 0 Å². The van der Waals surface area contributed by atoms with Gasteiger partial charge in [0.15, 0.2) is 0 Å². The quantitative estimate of drug-likeness (QED) is 0.786. The number of nitrogens with zero attached hydrogens (tertiary/aromatic N) is 1. The average Bonchev–Trinajstić information content (AvgIpc) is 2.32. The van der Waals surface area contributed by atoms with Gasteiger partial charge in [0, 0.05) is 36.7 Å². The highest BCUT2D eigenvalue weighted by atomic mass is 16.5. The zero-order chi connectivity index (χ0) is 12.5. The predicted octanol–water partition coefficient (Wildman–Crippen LogP) is 2.50. The van der Waals surface area contributed by atoms with Crippen molar-refractivity contribution >= 4 is 11.5 Å². The molecule has 0 bridgehead atoms. The highest BCUT2D eigenvalue weighted by Gasteiger charge is 2.34. The Hall–Kier alpha value is -1.51. The van der Waals surface area contributed by atoms with Crippen LogP contribution in [0.15, 0.2) is 24.3 Å². The third-order valence-electron chi connectivity index (χ3n) is 3.37. The van der Waals surface area contributed by atoms with E-state index >= 15 is 0 Å². The van der Waals surface area contributed by atoms with E-state index in [2.05, 4.69) is 11.0 Å². The summed E-state index contributed by atoms with van der Waals surface area (Å²) in [7, 11) is 1.67. The fourth-order valence-corrected chi connectivity index (χ4v) is 2.25. The summed E-state index contributed by atoms with van der Waals surface area (Å²) in [5.41, 5.74) is 0.881. The summed E-state index contributed by atoms with van der Waals surface area (Å²) >= 11 is 0. The molecule has 0 atom stereocenters. The second-order valence-corrected chi connectivity index (χ2v) is 5.18. The van der Waals surface area contributed by atoms with Crippen molar-refractivity contribution in [3.8, 4) is 5.75 Å². The van der Waals surface area contributed by atoms with Crippen molar-refractivity contribution < 1.29 is 9.53 Å². The van der Waals surface area contributed by atoms with Crippen LogP contribution < -0.4 is 9.64 Å². The van der Waals surface area contributed by atoms with Gasteiger partial charge in [-0.05, 0) is 12.1 Å². The first kappa shape index (κ1) is 12.0. The van der Waals surface area contributed by atoms with Crippen LogP contribution in [0.2, 0.25) is 0 Å². The van der Waals surface area contributed by atoms with Crippen LogP contribution in [0.1, 0.15) is 20.3 Å². The molecule has 0 radical (unpaired) electrons. The number of hydrogen-bond donors (Lipinski definition) is 0. The van der Waals surface area contributed by atoms with E-state index in [1.807, 2.05) is 32.0 Å². The van der Waals surface area contributed by atoms with E-state index in [0.717, 1.165) is 24.5 Å². The molecular weight excluding hydrogens is 214 g/mol. The Balaban J connectivity index is 2.20. The Labute approximate surface area is 102 Å². The molecule has 0 N–H and O–H groups in total. The third-order valence-corrected chi connectivity index (χ3v) is 3.37. The smallest absolute Gasteiger partial charge is 0.142 e. The number of anilines is 1. The molecule has 1 saturated heterocycles. The SMILES string of the molecule is COc1cccc(N2CCC(=O)C(C)(C)C2)c1. The minimum atomic E-state index is -0.249. The Kier molecular flexibility index (Phi) is 3.09. The predicted molar refractivity (Wildman–Crippen MR) is 68.6 cm³/mol. The van der Waals surface area contributed by atoms with Crippen molar-refractivity contribution in [3.05, 3.63) is 24.3 Å². The maximum atomic E-state index is 11.8. The van der Waals surface area contributed by atoms with Crippen LogP contribution in [0.5, 0.6) is 5.75 Å². The van der Waals surface area contributed by atoms with Crippen LogP contribution in [-0.4, -0.2) is 26.0 Å². The van der Waals surface area contributed by atoms with Gasteiger partial charge >= 0.3 is 0 Å². The second kappa shape index (κ2) is 4.40. The maximum absolute atomic E-state index is 11.8. The average molecular weight is 233 g/mol. The number of ether oxygens (including phenoxy) is 1. The first-order valence-electron chi connectivity index (χ1n) is 5.95. The van der Waals surface area contributed by atoms with Gasteiger partial charge in [-0.25, -0.2) is 0 Å². The highest BCUT2D eigenvalue weighted by molar-refractivity contribution is 5.86. The van der Waals surface area contributed by atoms with Crippen molar-refractivity contribution in [2.24, 2.45) is 5.41 Å². The molecule has 92 valence electrons. The fourth-order valence-electron chi connectivity index (χ4n) is 2.25. The van der Waals surface area contributed by atoms with Gasteiger partial charge in [-0.3, -0.25) is 4.79 Å². The molecule has 17 heavy (non-hydrogen) atoms. The van der Waals surface area contributed by atoms with Crippen molar-refractivity contribution in [1.82, 2.24) is 0 Å². The maximum Gasteiger partial charge on any atom is 0.142 e. The van der Waals surface area contributed by atoms with Crippen LogP contribution in [0, 0.1) is 5.41 Å². The summed E-state index contributed by atoms with van der Waals surface area (Å²) in [5, 5.41) is 0. The Morgan fingerprint density at radius 1 is 1.35 bits per heavy atom. The number of methoxy groups -OCH3 is 1. The largest absolute Gasteiger partial charge is 0.497 e. The number of piperidine rings is 1. The Morgan fingerprint density at radius 3 is 2.76 bits per heavy atom. The van der Waals surface area contributed by atoms with Crippen LogP contribution in [0.3, 0.4) is 0 Å². The second-order valence-electron chi connectivity index (χ2n) is 5.18. The first-order chi connectivity index (χ1) is 8.03. The molecule has 3 heteroatoms. The van der Waals surface area contributed by atoms with E-state index < -0.39 is 0 Å². The van der Waals surface area contributed by atoms with Gasteiger partial charge in [0.25, 0.3) is 0 Å². The number of rotatable bonds is 2. The third kappa shape index (κ3) is 2.43. The summed E-state index contributed by atoms with van der Waals surface area (Å²) in [6, 6.07) is 8.00. The molecule has 0 amide bonds. The fraction of sp³-hybridized carbons (Fsp3) is 0.500. The summed E-state index contributed by atoms with van der Waals surface area (Å²) < 4.78 is 5.23. The lowest BCUT2D eigenvalue weighted by atomic mass is 9.82. The summed E-state index contributed by atoms with van der Waals surface area (Å²) in [5.74, 6) is 1.22. The van der Waals surface area contributed by atoms with Gasteiger partial charge in [-0.2, -0.15) is 0 Å². The van der Waals surface area contributed by atoms with Crippen molar-refractivity contribution in [1.29, 1.82) is 0 Å². The van der Waals surface area contributed by atoms with E-state index in [9.17, 15) is 4.79 Å². The molecule has 3 nitrogen and oxygen atoms in total. The first-order valence-corrected chi connectivity index (χ1v) is 5.95. The van der Waals surface area contributed by atoms with E-state index in [-0.39, 0.29) is 5.41 Å². The molecule has 1 aromatic carbocycles. The van der Waals surface area contributed by atoms with Crippen molar-refractivity contribution in [2.75, 3.05) is 25.1 Å². The monoisotopic (exact) mass is 233 g/mol. The molecule has 1 heterocycles. The van der Waals surface area contributed by atoms with E-state index in [0.29, 0.717) is 12.2 Å². The van der Waals surface area contributed by atoms with Crippen molar-refractivity contribution in [2.45, 2.75) is 20.3 Å². The lowest BCUT2D eigenvalue weighted by molar-refractivity contribution is -0.127.